The molecule has 0 saturated carbocycles. The molecular formula is C23H25F2N3O5S. The number of nitrogens with one attached hydrogen (secondary N) is 2. The number of hydrogen-bond acceptors (Lipinski definition) is 5. The van der Waals surface area contributed by atoms with Gasteiger partial charge < -0.3 is 19.5 Å². The Morgan fingerprint density at radius 1 is 1.09 bits per heavy atom. The van der Waals surface area contributed by atoms with Gasteiger partial charge in [0.05, 0.1) is 18.1 Å². The van der Waals surface area contributed by atoms with E-state index in [-0.39, 0.29) is 16.3 Å². The van der Waals surface area contributed by atoms with Gasteiger partial charge in [-0.1, -0.05) is 12.1 Å². The van der Waals surface area contributed by atoms with Crippen LogP contribution in [-0.4, -0.2) is 54.8 Å². The summed E-state index contributed by atoms with van der Waals surface area (Å²) in [6.07, 6.45) is 5.27. The lowest BCUT2D eigenvalue weighted by atomic mass is 10.0. The van der Waals surface area contributed by atoms with E-state index in [1.165, 1.54) is 14.2 Å². The molecule has 0 aliphatic rings. The van der Waals surface area contributed by atoms with Crippen LogP contribution >= 0.6 is 10.0 Å². The maximum atomic E-state index is 14.7. The molecule has 2 N–H and O–H groups in total. The van der Waals surface area contributed by atoms with Crippen LogP contribution in [0.2, 0.25) is 0 Å². The summed E-state index contributed by atoms with van der Waals surface area (Å²) in [5.41, 5.74) is -0.321. The summed E-state index contributed by atoms with van der Waals surface area (Å²) in [4.78, 5) is 38.6. The van der Waals surface area contributed by atoms with Gasteiger partial charge in [-0.05, 0) is 48.6 Å². The van der Waals surface area contributed by atoms with E-state index in [2.05, 4.69) is 5.32 Å². The number of amides is 2. The highest BCUT2D eigenvalue weighted by Crippen LogP contribution is 2.48. The Hall–Kier alpha value is -3.60. The molecule has 0 saturated heterocycles. The molecule has 0 bridgehead atoms. The summed E-state index contributed by atoms with van der Waals surface area (Å²) < 4.78 is 39.4. The van der Waals surface area contributed by atoms with Crippen molar-refractivity contribution in [3.63, 3.8) is 0 Å². The molecule has 8 nitrogen and oxygen atoms in total. The first-order chi connectivity index (χ1) is 15.9. The number of methoxy groups -OCH3 is 1. The number of aromatic amines is 1. The van der Waals surface area contributed by atoms with Gasteiger partial charge in [-0.2, -0.15) is 5.16 Å². The topological polar surface area (TPSA) is 105 Å². The van der Waals surface area contributed by atoms with E-state index in [0.29, 0.717) is 11.3 Å². The second-order valence-corrected chi connectivity index (χ2v) is 12.3. The number of nitrogens with zero attached hydrogens (tertiary/aromatic N) is 1. The molecular weight excluding hydrogens is 468 g/mol. The zero-order chi connectivity index (χ0) is 25.2. The molecule has 0 radical (unpaired) electrons. The Kier molecular flexibility index (Phi) is 7.15. The molecule has 1 heterocycles. The molecule has 34 heavy (non-hydrogen) atoms. The third-order valence-corrected chi connectivity index (χ3v) is 6.62. The normalized spacial score (nSPS) is 12.7. The van der Waals surface area contributed by atoms with E-state index < -0.39 is 45.1 Å². The van der Waals surface area contributed by atoms with Gasteiger partial charge in [-0.25, -0.2) is 18.8 Å². The quantitative estimate of drug-likeness (QED) is 0.522. The summed E-state index contributed by atoms with van der Waals surface area (Å²) in [5, 5.41) is 4.51. The lowest BCUT2D eigenvalue weighted by molar-refractivity contribution is -0.120. The van der Waals surface area contributed by atoms with Crippen molar-refractivity contribution in [3.05, 3.63) is 75.8 Å². The Morgan fingerprint density at radius 3 is 2.15 bits per heavy atom. The zero-order valence-electron chi connectivity index (χ0n) is 19.3. The van der Waals surface area contributed by atoms with Crippen LogP contribution in [0.25, 0.3) is 0 Å². The van der Waals surface area contributed by atoms with Crippen molar-refractivity contribution in [1.82, 2.24) is 10.1 Å². The van der Waals surface area contributed by atoms with Crippen LogP contribution in [-0.2, 0) is 4.79 Å². The third kappa shape index (κ3) is 5.30. The van der Waals surface area contributed by atoms with Crippen molar-refractivity contribution in [2.45, 2.75) is 10.9 Å². The molecule has 0 aliphatic carbocycles. The van der Waals surface area contributed by atoms with E-state index in [9.17, 15) is 23.2 Å². The Balaban J connectivity index is 1.98. The number of ether oxygens (including phenoxy) is 1. The van der Waals surface area contributed by atoms with Crippen molar-refractivity contribution in [1.29, 1.82) is 0 Å². The lowest BCUT2D eigenvalue weighted by Crippen LogP contribution is -2.38. The summed E-state index contributed by atoms with van der Waals surface area (Å²) in [6, 6.07) is 8.19. The minimum absolute atomic E-state index is 0.0213. The first kappa shape index (κ1) is 25.0. The molecule has 2 aromatic carbocycles. The van der Waals surface area contributed by atoms with Crippen LogP contribution in [0.1, 0.15) is 22.2 Å². The average Bonchev–Trinajstić information content (AvgIpc) is 3.18. The van der Waals surface area contributed by atoms with E-state index in [1.54, 1.807) is 43.0 Å². The highest BCUT2D eigenvalue weighted by molar-refractivity contribution is 8.32. The Labute approximate surface area is 196 Å². The van der Waals surface area contributed by atoms with Crippen LogP contribution in [0.5, 0.6) is 5.75 Å². The van der Waals surface area contributed by atoms with Crippen LogP contribution in [0.15, 0.2) is 56.7 Å². The number of halogens is 2. The van der Waals surface area contributed by atoms with Gasteiger partial charge in [0.1, 0.15) is 23.4 Å². The average molecular weight is 494 g/mol. The number of hydrogen-bond donors (Lipinski definition) is 2. The predicted octanol–water partition coefficient (Wildman–Crippen LogP) is 3.76. The van der Waals surface area contributed by atoms with Gasteiger partial charge in [-0.15, -0.1) is 0 Å². The van der Waals surface area contributed by atoms with Crippen LogP contribution < -0.4 is 15.6 Å². The van der Waals surface area contributed by atoms with Gasteiger partial charge in [0, 0.05) is 12.7 Å². The van der Waals surface area contributed by atoms with Crippen LogP contribution in [0.3, 0.4) is 0 Å². The molecule has 0 aliphatic heterocycles. The first-order valence-electron chi connectivity index (χ1n) is 10.00. The van der Waals surface area contributed by atoms with Crippen molar-refractivity contribution in [2.24, 2.45) is 0 Å². The van der Waals surface area contributed by atoms with Gasteiger partial charge >= 0.3 is 0 Å². The monoisotopic (exact) mass is 493 g/mol. The van der Waals surface area contributed by atoms with E-state index >= 15 is 0 Å². The highest BCUT2D eigenvalue weighted by atomic mass is 32.3. The second-order valence-electron chi connectivity index (χ2n) is 8.26. The molecule has 3 rings (SSSR count). The molecule has 2 amide bonds. The zero-order valence-corrected chi connectivity index (χ0v) is 20.1. The number of likely N-dealkylation sites (N-methyl/N-ethyl adjacent to an activating group) is 1. The van der Waals surface area contributed by atoms with Gasteiger partial charge in [0.25, 0.3) is 17.4 Å². The molecule has 0 spiro atoms. The van der Waals surface area contributed by atoms with E-state index in [4.69, 9.17) is 9.26 Å². The molecule has 0 fully saturated rings. The van der Waals surface area contributed by atoms with E-state index in [0.717, 1.165) is 23.1 Å². The minimum atomic E-state index is -1.70. The molecule has 182 valence electrons. The SMILES string of the molecule is COc1ccc([C@H](C(=O)Nc2cc(F)c(S(C)(C)C)c(F)c2)N(C)C(=O)c2cc(=O)[nH]o2)cc1. The van der Waals surface area contributed by atoms with Gasteiger partial charge in [0.2, 0.25) is 5.76 Å². The summed E-state index contributed by atoms with van der Waals surface area (Å²) in [7, 11) is 1.13. The molecule has 11 heteroatoms. The predicted molar refractivity (Wildman–Crippen MR) is 126 cm³/mol. The fourth-order valence-corrected chi connectivity index (χ4v) is 4.73. The number of aromatic nitrogens is 1. The number of carbonyl (C=O) groups is 2. The van der Waals surface area contributed by atoms with Crippen molar-refractivity contribution >= 4 is 27.5 Å². The standard InChI is InChI=1S/C23H25F2N3O5S/c1-28(23(31)18-12-19(29)27-33-18)20(13-6-8-15(32-2)9-7-13)22(30)26-14-10-16(24)21(17(25)11-14)34(3,4)5/h6-12,20H,1-5H3,(H,26,30)(H,27,29)/t20-/m1/s1. The first-order valence-corrected chi connectivity index (χ1v) is 12.9. The van der Waals surface area contributed by atoms with Crippen molar-refractivity contribution < 1.29 is 27.6 Å². The highest BCUT2D eigenvalue weighted by Gasteiger charge is 2.32. The van der Waals surface area contributed by atoms with Crippen molar-refractivity contribution in [2.75, 3.05) is 38.2 Å². The number of H-pyrrole nitrogens is 1. The molecule has 1 atom stereocenters. The number of carbonyl (C=O) groups excluding carboxylic acids is 2. The second kappa shape index (κ2) is 9.72. The molecule has 3 aromatic rings. The fraction of sp³-hybridized carbons (Fsp3) is 0.261. The third-order valence-electron chi connectivity index (χ3n) is 5.00. The lowest BCUT2D eigenvalue weighted by Gasteiger charge is -2.28. The molecule has 1 aromatic heterocycles. The number of rotatable bonds is 7. The Bertz CT molecular complexity index is 1240. The molecule has 0 unspecified atom stereocenters. The maximum absolute atomic E-state index is 14.7. The number of benzene rings is 2. The Morgan fingerprint density at radius 2 is 1.68 bits per heavy atom. The largest absolute Gasteiger partial charge is 0.497 e. The van der Waals surface area contributed by atoms with Crippen LogP contribution in [0.4, 0.5) is 14.5 Å². The summed E-state index contributed by atoms with van der Waals surface area (Å²) in [6.45, 7) is 0. The fourth-order valence-electron chi connectivity index (χ4n) is 3.44. The van der Waals surface area contributed by atoms with Crippen molar-refractivity contribution in [3.8, 4) is 5.75 Å². The minimum Gasteiger partial charge on any atom is -0.497 e. The number of anilines is 1. The van der Waals surface area contributed by atoms with E-state index in [1.807, 2.05) is 5.16 Å². The van der Waals surface area contributed by atoms with Crippen LogP contribution in [0, 0.1) is 11.6 Å². The maximum Gasteiger partial charge on any atom is 0.293 e. The smallest absolute Gasteiger partial charge is 0.293 e. The summed E-state index contributed by atoms with van der Waals surface area (Å²) in [5.74, 6) is -2.78. The summed E-state index contributed by atoms with van der Waals surface area (Å²) >= 11 is 0. The van der Waals surface area contributed by atoms with Gasteiger partial charge in [-0.3, -0.25) is 14.4 Å². The van der Waals surface area contributed by atoms with Gasteiger partial charge in [0.15, 0.2) is 0 Å².